The third-order valence-electron chi connectivity index (χ3n) is 3.22. The van der Waals surface area contributed by atoms with Crippen molar-refractivity contribution in [3.8, 4) is 0 Å². The molecule has 0 spiro atoms. The summed E-state index contributed by atoms with van der Waals surface area (Å²) in [4.78, 5) is 1.52. The van der Waals surface area contributed by atoms with Crippen molar-refractivity contribution in [1.29, 1.82) is 0 Å². The Morgan fingerprint density at radius 1 is 1.29 bits per heavy atom. The number of halogens is 5. The SMILES string of the molecule is O[C@@H](CN1CCOC(c2cc(Cl)cc(Cl)c2)C1)C(F)(F)F. The Labute approximate surface area is 130 Å². The van der Waals surface area contributed by atoms with Gasteiger partial charge in [0.1, 0.15) is 0 Å². The number of aliphatic hydroxyl groups excluding tert-OH is 1. The van der Waals surface area contributed by atoms with Crippen LogP contribution < -0.4 is 0 Å². The minimum absolute atomic E-state index is 0.240. The van der Waals surface area contributed by atoms with Gasteiger partial charge in [0, 0.05) is 29.7 Å². The van der Waals surface area contributed by atoms with Gasteiger partial charge in [0.2, 0.25) is 0 Å². The number of hydrogen-bond acceptors (Lipinski definition) is 3. The standard InChI is InChI=1S/C13H14Cl2F3NO2/c14-9-3-8(4-10(15)5-9)11-6-19(1-2-21-11)7-12(20)13(16,17)18/h3-5,11-12,20H,1-2,6-7H2/t11?,12-/m0/s1. The number of ether oxygens (including phenoxy) is 1. The maximum atomic E-state index is 12.4. The number of morpholine rings is 1. The second-order valence-electron chi connectivity index (χ2n) is 4.88. The van der Waals surface area contributed by atoms with E-state index in [0.717, 1.165) is 0 Å². The highest BCUT2D eigenvalue weighted by Gasteiger charge is 2.39. The molecule has 8 heteroatoms. The second kappa shape index (κ2) is 6.71. The monoisotopic (exact) mass is 343 g/mol. The Morgan fingerprint density at radius 2 is 1.90 bits per heavy atom. The Morgan fingerprint density at radius 3 is 2.48 bits per heavy atom. The van der Waals surface area contributed by atoms with E-state index >= 15 is 0 Å². The van der Waals surface area contributed by atoms with Crippen LogP contribution in [0.3, 0.4) is 0 Å². The molecule has 2 atom stereocenters. The van der Waals surface area contributed by atoms with Gasteiger partial charge in [0.05, 0.1) is 12.7 Å². The number of rotatable bonds is 3. The largest absolute Gasteiger partial charge is 0.415 e. The summed E-state index contributed by atoms with van der Waals surface area (Å²) >= 11 is 11.8. The minimum Gasteiger partial charge on any atom is -0.382 e. The van der Waals surface area contributed by atoms with Crippen LogP contribution in [0, 0.1) is 0 Å². The fourth-order valence-corrected chi connectivity index (χ4v) is 2.72. The van der Waals surface area contributed by atoms with Crippen molar-refractivity contribution in [3.63, 3.8) is 0 Å². The van der Waals surface area contributed by atoms with E-state index in [-0.39, 0.29) is 13.2 Å². The third-order valence-corrected chi connectivity index (χ3v) is 3.65. The summed E-state index contributed by atoms with van der Waals surface area (Å²) < 4.78 is 42.7. The molecule has 1 saturated heterocycles. The molecule has 0 saturated carbocycles. The van der Waals surface area contributed by atoms with Crippen molar-refractivity contribution < 1.29 is 23.0 Å². The first-order valence-corrected chi connectivity index (χ1v) is 7.06. The maximum Gasteiger partial charge on any atom is 0.415 e. The molecule has 0 amide bonds. The van der Waals surface area contributed by atoms with Gasteiger partial charge in [0.25, 0.3) is 0 Å². The summed E-state index contributed by atoms with van der Waals surface area (Å²) in [6.07, 6.45) is -7.40. The number of β-amino-alcohol motifs (C(OH)–C–C–N with tert-alkyl or cyclic N) is 1. The molecule has 1 aliphatic rings. The maximum absolute atomic E-state index is 12.4. The first-order valence-electron chi connectivity index (χ1n) is 6.30. The van der Waals surface area contributed by atoms with E-state index < -0.39 is 24.9 Å². The number of aliphatic hydroxyl groups is 1. The molecule has 0 radical (unpaired) electrons. The molecule has 2 rings (SSSR count). The predicted molar refractivity (Wildman–Crippen MR) is 73.7 cm³/mol. The van der Waals surface area contributed by atoms with Crippen molar-refractivity contribution in [2.24, 2.45) is 0 Å². The van der Waals surface area contributed by atoms with E-state index in [4.69, 9.17) is 33.0 Å². The van der Waals surface area contributed by atoms with Gasteiger partial charge in [-0.3, -0.25) is 4.90 Å². The lowest BCUT2D eigenvalue weighted by Crippen LogP contribution is -2.46. The number of nitrogens with zero attached hydrogens (tertiary/aromatic N) is 1. The Kier molecular flexibility index (Phi) is 5.38. The van der Waals surface area contributed by atoms with Crippen LogP contribution in [0.2, 0.25) is 10.0 Å². The van der Waals surface area contributed by atoms with Gasteiger partial charge in [-0.2, -0.15) is 13.2 Å². The van der Waals surface area contributed by atoms with Crippen LogP contribution in [0.5, 0.6) is 0 Å². The summed E-state index contributed by atoms with van der Waals surface area (Å²) in [7, 11) is 0. The second-order valence-corrected chi connectivity index (χ2v) is 5.75. The van der Waals surface area contributed by atoms with Crippen molar-refractivity contribution in [2.75, 3.05) is 26.2 Å². The van der Waals surface area contributed by atoms with Gasteiger partial charge >= 0.3 is 6.18 Å². The minimum atomic E-state index is -4.62. The molecular formula is C13H14Cl2F3NO2. The fourth-order valence-electron chi connectivity index (χ4n) is 2.18. The number of alkyl halides is 3. The molecule has 0 bridgehead atoms. The van der Waals surface area contributed by atoms with E-state index in [9.17, 15) is 13.2 Å². The quantitative estimate of drug-likeness (QED) is 0.914. The molecule has 1 aromatic rings. The van der Waals surface area contributed by atoms with E-state index in [2.05, 4.69) is 0 Å². The molecule has 1 aliphatic heterocycles. The molecule has 1 unspecified atom stereocenters. The molecule has 1 heterocycles. The van der Waals surface area contributed by atoms with E-state index in [1.807, 2.05) is 0 Å². The van der Waals surface area contributed by atoms with Crippen LogP contribution in [0.1, 0.15) is 11.7 Å². The van der Waals surface area contributed by atoms with Crippen LogP contribution in [0.4, 0.5) is 13.2 Å². The normalized spacial score (nSPS) is 22.3. The molecule has 0 aromatic heterocycles. The highest BCUT2D eigenvalue weighted by atomic mass is 35.5. The Balaban J connectivity index is 2.03. The smallest absolute Gasteiger partial charge is 0.382 e. The lowest BCUT2D eigenvalue weighted by molar-refractivity contribution is -0.211. The summed E-state index contributed by atoms with van der Waals surface area (Å²) in [5.41, 5.74) is 0.707. The molecule has 1 N–H and O–H groups in total. The fraction of sp³-hybridized carbons (Fsp3) is 0.538. The van der Waals surface area contributed by atoms with Crippen LogP contribution in [-0.4, -0.2) is 48.5 Å². The Bertz CT molecular complexity index is 479. The van der Waals surface area contributed by atoms with Gasteiger partial charge in [-0.1, -0.05) is 23.2 Å². The first-order chi connectivity index (χ1) is 9.75. The van der Waals surface area contributed by atoms with Gasteiger partial charge in [0.15, 0.2) is 6.10 Å². The lowest BCUT2D eigenvalue weighted by Gasteiger charge is -2.34. The lowest BCUT2D eigenvalue weighted by atomic mass is 10.1. The summed E-state index contributed by atoms with van der Waals surface area (Å²) in [6, 6.07) is 4.91. The zero-order valence-corrected chi connectivity index (χ0v) is 12.4. The topological polar surface area (TPSA) is 32.7 Å². The van der Waals surface area contributed by atoms with Gasteiger partial charge in [-0.15, -0.1) is 0 Å². The highest BCUT2D eigenvalue weighted by molar-refractivity contribution is 6.34. The number of hydrogen-bond donors (Lipinski definition) is 1. The zero-order chi connectivity index (χ0) is 15.6. The summed E-state index contributed by atoms with van der Waals surface area (Å²) in [6.45, 7) is 0.374. The van der Waals surface area contributed by atoms with Crippen molar-refractivity contribution in [2.45, 2.75) is 18.4 Å². The Hall–Kier alpha value is -0.530. The molecular weight excluding hydrogens is 330 g/mol. The summed E-state index contributed by atoms with van der Waals surface area (Å²) in [5, 5.41) is 10.0. The number of benzene rings is 1. The van der Waals surface area contributed by atoms with E-state index in [0.29, 0.717) is 22.2 Å². The van der Waals surface area contributed by atoms with Gasteiger partial charge < -0.3 is 9.84 Å². The van der Waals surface area contributed by atoms with Crippen LogP contribution in [0.25, 0.3) is 0 Å². The molecule has 21 heavy (non-hydrogen) atoms. The highest BCUT2D eigenvalue weighted by Crippen LogP contribution is 2.29. The molecule has 0 aliphatic carbocycles. The molecule has 3 nitrogen and oxygen atoms in total. The molecule has 1 aromatic carbocycles. The van der Waals surface area contributed by atoms with E-state index in [1.54, 1.807) is 18.2 Å². The van der Waals surface area contributed by atoms with Crippen molar-refractivity contribution in [1.82, 2.24) is 4.90 Å². The third kappa shape index (κ3) is 4.72. The van der Waals surface area contributed by atoms with Crippen LogP contribution in [-0.2, 0) is 4.74 Å². The van der Waals surface area contributed by atoms with Gasteiger partial charge in [-0.05, 0) is 23.8 Å². The molecule has 118 valence electrons. The predicted octanol–water partition coefficient (Wildman–Crippen LogP) is 3.29. The first kappa shape index (κ1) is 16.8. The average molecular weight is 344 g/mol. The van der Waals surface area contributed by atoms with Gasteiger partial charge in [-0.25, -0.2) is 0 Å². The van der Waals surface area contributed by atoms with E-state index in [1.165, 1.54) is 4.90 Å². The summed E-state index contributed by atoms with van der Waals surface area (Å²) in [5.74, 6) is 0. The van der Waals surface area contributed by atoms with Crippen LogP contribution in [0.15, 0.2) is 18.2 Å². The average Bonchev–Trinajstić information content (AvgIpc) is 2.36. The zero-order valence-electron chi connectivity index (χ0n) is 10.9. The van der Waals surface area contributed by atoms with Crippen molar-refractivity contribution in [3.05, 3.63) is 33.8 Å². The van der Waals surface area contributed by atoms with Crippen LogP contribution >= 0.6 is 23.2 Å². The molecule has 1 fully saturated rings. The van der Waals surface area contributed by atoms with Crippen molar-refractivity contribution >= 4 is 23.2 Å².